The van der Waals surface area contributed by atoms with E-state index >= 15 is 0 Å². The Bertz CT molecular complexity index is 2010. The van der Waals surface area contributed by atoms with Crippen molar-refractivity contribution in [3.8, 4) is 23.0 Å². The van der Waals surface area contributed by atoms with Crippen LogP contribution in [0.25, 0.3) is 0 Å². The van der Waals surface area contributed by atoms with Crippen molar-refractivity contribution in [3.05, 3.63) is 144 Å². The van der Waals surface area contributed by atoms with Crippen LogP contribution in [0.15, 0.2) is 127 Å². The summed E-state index contributed by atoms with van der Waals surface area (Å²) in [5.41, 5.74) is 2.52. The molecule has 4 aromatic carbocycles. The average molecular weight is 777 g/mol. The van der Waals surface area contributed by atoms with Crippen LogP contribution in [0, 0.1) is 0 Å². The van der Waals surface area contributed by atoms with Gasteiger partial charge in [0, 0.05) is 12.2 Å². The quantitative estimate of drug-likeness (QED) is 0.0136. The molecule has 0 saturated heterocycles. The lowest BCUT2D eigenvalue weighted by atomic mass is 10.1. The molecule has 0 N–H and O–H groups in total. The number of hydrogen-bond donors (Lipinski definition) is 0. The largest absolute Gasteiger partial charge is 0.494 e. The molecule has 0 fully saturated rings. The van der Waals surface area contributed by atoms with Gasteiger partial charge in [0.1, 0.15) is 29.4 Å². The number of carbonyl (C=O) groups excluding carboxylic acids is 4. The Labute approximate surface area is 331 Å². The molecule has 0 aromatic heterocycles. The van der Waals surface area contributed by atoms with E-state index in [1.165, 1.54) is 12.4 Å². The number of carbonyl (C=O) groups is 4. The number of hydrogen-bond acceptors (Lipinski definition) is 13. The molecule has 4 rings (SSSR count). The van der Waals surface area contributed by atoms with Crippen LogP contribution in [0.1, 0.15) is 76.4 Å². The molecule has 0 spiro atoms. The Kier molecular flexibility index (Phi) is 17.9. The molecule has 296 valence electrons. The fourth-order valence-electron chi connectivity index (χ4n) is 4.76. The van der Waals surface area contributed by atoms with Crippen LogP contribution in [-0.4, -0.2) is 56.1 Å². The maximum Gasteiger partial charge on any atom is 0.343 e. The summed E-state index contributed by atoms with van der Waals surface area (Å²) in [6.45, 7) is 9.81. The molecule has 0 bridgehead atoms. The Morgan fingerprint density at radius 1 is 0.614 bits per heavy atom. The summed E-state index contributed by atoms with van der Waals surface area (Å²) in [7, 11) is 0. The maximum absolute atomic E-state index is 12.8. The highest BCUT2D eigenvalue weighted by atomic mass is 17.2. The van der Waals surface area contributed by atoms with E-state index in [1.807, 2.05) is 6.92 Å². The normalized spacial score (nSPS) is 10.8. The Balaban J connectivity index is 1.23. The number of unbranched alkanes of at least 4 members (excludes halogenated alkanes) is 3. The van der Waals surface area contributed by atoms with E-state index in [0.29, 0.717) is 53.6 Å². The van der Waals surface area contributed by atoms with E-state index in [-0.39, 0.29) is 24.5 Å². The molecule has 13 heteroatoms. The summed E-state index contributed by atoms with van der Waals surface area (Å²) >= 11 is 0. The van der Waals surface area contributed by atoms with Crippen molar-refractivity contribution in [2.45, 2.75) is 45.6 Å². The predicted molar refractivity (Wildman–Crippen MR) is 213 cm³/mol. The third kappa shape index (κ3) is 15.4. The first kappa shape index (κ1) is 42.9. The van der Waals surface area contributed by atoms with Crippen LogP contribution in [-0.2, 0) is 30.6 Å². The highest BCUT2D eigenvalue weighted by Crippen LogP contribution is 2.23. The zero-order chi connectivity index (χ0) is 40.7. The summed E-state index contributed by atoms with van der Waals surface area (Å²) in [4.78, 5) is 58.8. The van der Waals surface area contributed by atoms with E-state index in [1.54, 1.807) is 91.0 Å². The third-order valence-corrected chi connectivity index (χ3v) is 7.72. The standard InChI is InChI=1S/C44H44N2O11/c1-4-25-53-44(50)39-28-34(15-24-40(39)57-54-31-33-13-20-37(21-14-33)55-42(48)6-3)30-46-45-29-32-11-18-38(19-12-32)56-43(49)35-16-22-36(23-17-35)51-26-9-7-8-10-27-52-41(47)5-2/h5-6,11-24,28-30H,2-4,7-10,25-27,31H2,1H3/b45-29+,46-30+. The molecule has 57 heavy (non-hydrogen) atoms. The molecular weight excluding hydrogens is 732 g/mol. The first-order valence-corrected chi connectivity index (χ1v) is 18.2. The van der Waals surface area contributed by atoms with Crippen molar-refractivity contribution in [2.75, 3.05) is 19.8 Å². The molecule has 0 aliphatic rings. The van der Waals surface area contributed by atoms with Crippen molar-refractivity contribution in [2.24, 2.45) is 10.2 Å². The number of benzene rings is 4. The molecule has 0 heterocycles. The van der Waals surface area contributed by atoms with Gasteiger partial charge >= 0.3 is 23.9 Å². The van der Waals surface area contributed by atoms with Gasteiger partial charge in [0.25, 0.3) is 0 Å². The van der Waals surface area contributed by atoms with Crippen LogP contribution in [0.4, 0.5) is 0 Å². The van der Waals surface area contributed by atoms with Gasteiger partial charge in [0.15, 0.2) is 5.75 Å². The fourth-order valence-corrected chi connectivity index (χ4v) is 4.76. The van der Waals surface area contributed by atoms with Gasteiger partial charge in [-0.05, 0) is 128 Å². The first-order valence-electron chi connectivity index (χ1n) is 18.2. The van der Waals surface area contributed by atoms with Gasteiger partial charge in [-0.25, -0.2) is 19.2 Å². The fraction of sp³-hybridized carbons (Fsp3) is 0.227. The van der Waals surface area contributed by atoms with Crippen LogP contribution < -0.4 is 19.1 Å². The highest BCUT2D eigenvalue weighted by Gasteiger charge is 2.16. The van der Waals surface area contributed by atoms with Crippen molar-refractivity contribution < 1.29 is 52.6 Å². The zero-order valence-corrected chi connectivity index (χ0v) is 31.6. The van der Waals surface area contributed by atoms with Crippen LogP contribution in [0.3, 0.4) is 0 Å². The van der Waals surface area contributed by atoms with Gasteiger partial charge in [0.05, 0.1) is 37.8 Å². The number of nitrogens with zero attached hydrogens (tertiary/aromatic N) is 2. The van der Waals surface area contributed by atoms with E-state index < -0.39 is 23.9 Å². The minimum atomic E-state index is -0.587. The van der Waals surface area contributed by atoms with Gasteiger partial charge in [0.2, 0.25) is 0 Å². The molecule has 0 aliphatic heterocycles. The van der Waals surface area contributed by atoms with Crippen molar-refractivity contribution in [1.82, 2.24) is 0 Å². The zero-order valence-electron chi connectivity index (χ0n) is 31.6. The first-order chi connectivity index (χ1) is 27.8. The van der Waals surface area contributed by atoms with Crippen molar-refractivity contribution >= 4 is 36.3 Å². The minimum Gasteiger partial charge on any atom is -0.494 e. The topological polar surface area (TPSA) is 158 Å². The molecule has 0 saturated carbocycles. The smallest absolute Gasteiger partial charge is 0.343 e. The molecule has 4 aromatic rings. The molecule has 0 atom stereocenters. The van der Waals surface area contributed by atoms with E-state index in [0.717, 1.165) is 43.4 Å². The van der Waals surface area contributed by atoms with Crippen molar-refractivity contribution in [1.29, 1.82) is 0 Å². The van der Waals surface area contributed by atoms with Crippen molar-refractivity contribution in [3.63, 3.8) is 0 Å². The van der Waals surface area contributed by atoms with E-state index in [2.05, 4.69) is 23.4 Å². The SMILES string of the molecule is C=CC(=O)OCCCCCCOc1ccc(C(=O)Oc2ccc(/C=N/N=C/c3ccc(OOCc4ccc(OC(=O)C=C)cc4)c(C(=O)OCCC)c3)cc2)cc1. The van der Waals surface area contributed by atoms with Gasteiger partial charge in [-0.3, -0.25) is 0 Å². The summed E-state index contributed by atoms with van der Waals surface area (Å²) in [6.07, 6.45) is 9.37. The molecular formula is C44H44N2O11. The lowest BCUT2D eigenvalue weighted by Crippen LogP contribution is -2.10. The second-order valence-corrected chi connectivity index (χ2v) is 12.1. The molecule has 0 unspecified atom stereocenters. The Hall–Kier alpha value is -6.86. The van der Waals surface area contributed by atoms with Crippen LogP contribution in [0.2, 0.25) is 0 Å². The summed E-state index contributed by atoms with van der Waals surface area (Å²) in [5.74, 6) is -0.546. The second-order valence-electron chi connectivity index (χ2n) is 12.1. The Morgan fingerprint density at radius 3 is 1.91 bits per heavy atom. The molecule has 0 aliphatic carbocycles. The third-order valence-electron chi connectivity index (χ3n) is 7.72. The van der Waals surface area contributed by atoms with Gasteiger partial charge < -0.3 is 28.6 Å². The average Bonchev–Trinajstić information content (AvgIpc) is 3.23. The lowest BCUT2D eigenvalue weighted by molar-refractivity contribution is -0.217. The number of esters is 4. The van der Waals surface area contributed by atoms with E-state index in [9.17, 15) is 19.2 Å². The second kappa shape index (κ2) is 23.8. The predicted octanol–water partition coefficient (Wildman–Crippen LogP) is 8.20. The van der Waals surface area contributed by atoms with E-state index in [4.69, 9.17) is 33.5 Å². The lowest BCUT2D eigenvalue weighted by Gasteiger charge is -2.11. The summed E-state index contributed by atoms with van der Waals surface area (Å²) in [5, 5.41) is 8.19. The van der Waals surface area contributed by atoms with Crippen LogP contribution >= 0.6 is 0 Å². The monoisotopic (exact) mass is 776 g/mol. The summed E-state index contributed by atoms with van der Waals surface area (Å²) < 4.78 is 26.6. The van der Waals surface area contributed by atoms with Gasteiger partial charge in [-0.15, -0.1) is 0 Å². The minimum absolute atomic E-state index is 0.0493. The number of ether oxygens (including phenoxy) is 5. The molecule has 0 radical (unpaired) electrons. The van der Waals surface area contributed by atoms with Gasteiger partial charge in [-0.1, -0.05) is 32.2 Å². The van der Waals surface area contributed by atoms with Crippen LogP contribution in [0.5, 0.6) is 23.0 Å². The maximum atomic E-state index is 12.8. The molecule has 0 amide bonds. The Morgan fingerprint density at radius 2 is 1.23 bits per heavy atom. The van der Waals surface area contributed by atoms with Gasteiger partial charge in [-0.2, -0.15) is 15.1 Å². The number of rotatable bonds is 23. The summed E-state index contributed by atoms with van der Waals surface area (Å²) in [6, 6.07) is 24.9. The highest BCUT2D eigenvalue weighted by molar-refractivity contribution is 5.95. The molecule has 13 nitrogen and oxygen atoms in total.